The third-order valence-electron chi connectivity index (χ3n) is 1.96. The van der Waals surface area contributed by atoms with Crippen molar-refractivity contribution in [2.75, 3.05) is 0 Å². The lowest BCUT2D eigenvalue weighted by Crippen LogP contribution is -1.92. The van der Waals surface area contributed by atoms with E-state index < -0.39 is 0 Å². The summed E-state index contributed by atoms with van der Waals surface area (Å²) < 4.78 is 1.81. The van der Waals surface area contributed by atoms with E-state index in [2.05, 4.69) is 17.0 Å². The largest absolute Gasteiger partial charge is 0.234 e. The predicted molar refractivity (Wildman–Crippen MR) is 47.1 cm³/mol. The zero-order chi connectivity index (χ0) is 8.55. The van der Waals surface area contributed by atoms with Crippen LogP contribution in [0.2, 0.25) is 0 Å². The fraction of sp³-hybridized carbons (Fsp3) is 0.333. The van der Waals surface area contributed by atoms with E-state index in [-0.39, 0.29) is 0 Å². The molecule has 12 heavy (non-hydrogen) atoms. The Morgan fingerprint density at radius 3 is 3.08 bits per heavy atom. The molecule has 0 radical (unpaired) electrons. The lowest BCUT2D eigenvalue weighted by atomic mass is 10.3. The molecule has 0 N–H and O–H groups in total. The van der Waals surface area contributed by atoms with Crippen molar-refractivity contribution in [2.45, 2.75) is 20.3 Å². The second kappa shape index (κ2) is 2.59. The molecule has 0 aliphatic heterocycles. The third kappa shape index (κ3) is 0.978. The summed E-state index contributed by atoms with van der Waals surface area (Å²) in [5.74, 6) is 0. The number of fused-ring (bicyclic) bond motifs is 1. The van der Waals surface area contributed by atoms with Gasteiger partial charge in [-0.15, -0.1) is 0 Å². The molecule has 0 amide bonds. The van der Waals surface area contributed by atoms with Crippen LogP contribution in [-0.4, -0.2) is 14.6 Å². The Hall–Kier alpha value is -1.38. The molecule has 0 saturated heterocycles. The smallest absolute Gasteiger partial charge is 0.158 e. The maximum absolute atomic E-state index is 4.41. The predicted octanol–water partition coefficient (Wildman–Crippen LogP) is 1.60. The molecule has 62 valence electrons. The van der Waals surface area contributed by atoms with Gasteiger partial charge in [0.15, 0.2) is 5.65 Å². The summed E-state index contributed by atoms with van der Waals surface area (Å²) in [5.41, 5.74) is 3.23. The van der Waals surface area contributed by atoms with E-state index in [1.165, 1.54) is 5.56 Å². The number of rotatable bonds is 1. The molecule has 3 nitrogen and oxygen atoms in total. The van der Waals surface area contributed by atoms with Crippen LogP contribution in [0.25, 0.3) is 5.65 Å². The van der Waals surface area contributed by atoms with Gasteiger partial charge < -0.3 is 0 Å². The van der Waals surface area contributed by atoms with Crippen molar-refractivity contribution in [2.24, 2.45) is 0 Å². The third-order valence-corrected chi connectivity index (χ3v) is 1.96. The fourth-order valence-corrected chi connectivity index (χ4v) is 1.26. The van der Waals surface area contributed by atoms with Gasteiger partial charge in [-0.05, 0) is 19.4 Å². The highest BCUT2D eigenvalue weighted by molar-refractivity contribution is 5.46. The molecule has 0 fully saturated rings. The summed E-state index contributed by atoms with van der Waals surface area (Å²) in [5, 5.41) is 4.18. The van der Waals surface area contributed by atoms with Crippen LogP contribution in [-0.2, 0) is 6.42 Å². The SMILES string of the molecule is CCc1cnn2ccc(C)nc12. The van der Waals surface area contributed by atoms with Crippen LogP contribution in [0.5, 0.6) is 0 Å². The van der Waals surface area contributed by atoms with E-state index in [1.807, 2.05) is 29.9 Å². The molecule has 2 heterocycles. The Kier molecular flexibility index (Phi) is 1.57. The molecule has 0 aliphatic carbocycles. The van der Waals surface area contributed by atoms with Crippen LogP contribution in [0.15, 0.2) is 18.5 Å². The first-order valence-electron chi connectivity index (χ1n) is 4.11. The van der Waals surface area contributed by atoms with Crippen molar-refractivity contribution in [1.29, 1.82) is 0 Å². The first-order valence-corrected chi connectivity index (χ1v) is 4.11. The molecule has 0 aliphatic rings. The topological polar surface area (TPSA) is 30.2 Å². The first-order chi connectivity index (χ1) is 5.81. The number of aromatic nitrogens is 3. The van der Waals surface area contributed by atoms with Crippen LogP contribution >= 0.6 is 0 Å². The minimum Gasteiger partial charge on any atom is -0.234 e. The van der Waals surface area contributed by atoms with E-state index in [4.69, 9.17) is 0 Å². The lowest BCUT2D eigenvalue weighted by molar-refractivity contribution is 0.929. The quantitative estimate of drug-likeness (QED) is 0.636. The summed E-state index contributed by atoms with van der Waals surface area (Å²) in [7, 11) is 0. The van der Waals surface area contributed by atoms with Gasteiger partial charge in [0, 0.05) is 17.5 Å². The summed E-state index contributed by atoms with van der Waals surface area (Å²) in [6.45, 7) is 4.10. The van der Waals surface area contributed by atoms with Crippen LogP contribution < -0.4 is 0 Å². The molecule has 0 atom stereocenters. The highest BCUT2D eigenvalue weighted by Crippen LogP contribution is 2.08. The van der Waals surface area contributed by atoms with Crippen molar-refractivity contribution in [3.05, 3.63) is 29.7 Å². The zero-order valence-corrected chi connectivity index (χ0v) is 7.28. The molecule has 2 aromatic rings. The molecular formula is C9H11N3. The van der Waals surface area contributed by atoms with Crippen molar-refractivity contribution >= 4 is 5.65 Å². The molecule has 0 spiro atoms. The molecule has 0 unspecified atom stereocenters. The monoisotopic (exact) mass is 161 g/mol. The Balaban J connectivity index is 2.75. The average Bonchev–Trinajstić information content (AvgIpc) is 2.46. The molecule has 0 bridgehead atoms. The van der Waals surface area contributed by atoms with Gasteiger partial charge >= 0.3 is 0 Å². The van der Waals surface area contributed by atoms with E-state index >= 15 is 0 Å². The molecule has 0 saturated carbocycles. The van der Waals surface area contributed by atoms with Crippen LogP contribution in [0.3, 0.4) is 0 Å². The fourth-order valence-electron chi connectivity index (χ4n) is 1.26. The highest BCUT2D eigenvalue weighted by Gasteiger charge is 2.01. The van der Waals surface area contributed by atoms with Crippen molar-refractivity contribution in [3.63, 3.8) is 0 Å². The molecular weight excluding hydrogens is 150 g/mol. The van der Waals surface area contributed by atoms with Gasteiger partial charge in [-0.1, -0.05) is 6.92 Å². The number of aryl methyl sites for hydroxylation is 2. The van der Waals surface area contributed by atoms with Gasteiger partial charge in [0.2, 0.25) is 0 Å². The molecule has 2 aromatic heterocycles. The van der Waals surface area contributed by atoms with Crippen molar-refractivity contribution < 1.29 is 0 Å². The number of hydrogen-bond donors (Lipinski definition) is 0. The maximum atomic E-state index is 4.41. The average molecular weight is 161 g/mol. The summed E-state index contributed by atoms with van der Waals surface area (Å²) in [6, 6.07) is 1.96. The maximum Gasteiger partial charge on any atom is 0.158 e. The zero-order valence-electron chi connectivity index (χ0n) is 7.28. The summed E-state index contributed by atoms with van der Waals surface area (Å²) in [4.78, 5) is 4.41. The van der Waals surface area contributed by atoms with Gasteiger partial charge in [-0.2, -0.15) is 5.10 Å². The normalized spacial score (nSPS) is 10.8. The minimum atomic E-state index is 0.984. The van der Waals surface area contributed by atoms with E-state index in [0.29, 0.717) is 0 Å². The minimum absolute atomic E-state index is 0.984. The summed E-state index contributed by atoms with van der Waals surface area (Å²) in [6.07, 6.45) is 4.80. The Morgan fingerprint density at radius 1 is 1.50 bits per heavy atom. The molecule has 2 rings (SSSR count). The van der Waals surface area contributed by atoms with E-state index in [0.717, 1.165) is 17.8 Å². The van der Waals surface area contributed by atoms with E-state index in [9.17, 15) is 0 Å². The van der Waals surface area contributed by atoms with Gasteiger partial charge in [0.05, 0.1) is 6.20 Å². The van der Waals surface area contributed by atoms with Gasteiger partial charge in [0.1, 0.15) is 0 Å². The van der Waals surface area contributed by atoms with Gasteiger partial charge in [-0.3, -0.25) is 0 Å². The van der Waals surface area contributed by atoms with Gasteiger partial charge in [-0.25, -0.2) is 9.50 Å². The number of hydrogen-bond acceptors (Lipinski definition) is 2. The van der Waals surface area contributed by atoms with Crippen molar-refractivity contribution in [1.82, 2.24) is 14.6 Å². The van der Waals surface area contributed by atoms with Crippen LogP contribution in [0.4, 0.5) is 0 Å². The standard InChI is InChI=1S/C9H11N3/c1-3-8-6-10-12-5-4-7(2)11-9(8)12/h4-6H,3H2,1-2H3. The Morgan fingerprint density at radius 2 is 2.33 bits per heavy atom. The Bertz CT molecular complexity index is 403. The highest BCUT2D eigenvalue weighted by atomic mass is 15.2. The number of nitrogens with zero attached hydrogens (tertiary/aromatic N) is 3. The Labute approximate surface area is 71.1 Å². The van der Waals surface area contributed by atoms with Crippen molar-refractivity contribution in [3.8, 4) is 0 Å². The van der Waals surface area contributed by atoms with E-state index in [1.54, 1.807) is 0 Å². The lowest BCUT2D eigenvalue weighted by Gasteiger charge is -1.95. The second-order valence-corrected chi connectivity index (χ2v) is 2.86. The van der Waals surface area contributed by atoms with Gasteiger partial charge in [0.25, 0.3) is 0 Å². The second-order valence-electron chi connectivity index (χ2n) is 2.86. The first kappa shape index (κ1) is 7.28. The van der Waals surface area contributed by atoms with Crippen LogP contribution in [0, 0.1) is 6.92 Å². The molecule has 0 aromatic carbocycles. The molecule has 3 heteroatoms. The summed E-state index contributed by atoms with van der Waals surface area (Å²) >= 11 is 0. The van der Waals surface area contributed by atoms with Crippen LogP contribution in [0.1, 0.15) is 18.2 Å².